The van der Waals surface area contributed by atoms with Crippen molar-refractivity contribution in [3.05, 3.63) is 175 Å². The van der Waals surface area contributed by atoms with Crippen LogP contribution in [0.15, 0.2) is 174 Å². The van der Waals surface area contributed by atoms with E-state index in [2.05, 4.69) is 182 Å². The summed E-state index contributed by atoms with van der Waals surface area (Å²) in [6.45, 7) is 6.63. The first-order valence-corrected chi connectivity index (χ1v) is 20.0. The van der Waals surface area contributed by atoms with Gasteiger partial charge in [0.1, 0.15) is 28.6 Å². The Morgan fingerprint density at radius 3 is 1.76 bits per heavy atom. The second-order valence-electron chi connectivity index (χ2n) is 16.5. The smallest absolute Gasteiger partial charge is 0.260 e. The maximum absolute atomic E-state index is 7.35. The standard InChI is InChI=1S/C52H37BN2O3/c1-52(2,3)32-26-27-45-39(28-32)53-40-31-43(55-41-23-13-10-20-36(41)37-21-11-14-24-42(37)55)51-48(38-22-12-15-25-44(38)57-51)50(40)58-47-30-35(29-46(56-45)49(47)53)54(33-16-6-4-7-17-33)34-18-8-5-9-19-34/h4-31H,1-3H3. The minimum atomic E-state index is -0.180. The van der Waals surface area contributed by atoms with Gasteiger partial charge in [0.15, 0.2) is 5.58 Å². The summed E-state index contributed by atoms with van der Waals surface area (Å²) in [6.07, 6.45) is 0. The predicted octanol–water partition coefficient (Wildman–Crippen LogP) is 12.2. The molecular weight excluding hydrogens is 711 g/mol. The van der Waals surface area contributed by atoms with Crippen molar-refractivity contribution in [2.75, 3.05) is 4.90 Å². The van der Waals surface area contributed by atoms with Crippen LogP contribution in [0.2, 0.25) is 0 Å². The van der Waals surface area contributed by atoms with Gasteiger partial charge in [-0.3, -0.25) is 0 Å². The Balaban J connectivity index is 1.19. The van der Waals surface area contributed by atoms with Crippen LogP contribution < -0.4 is 30.8 Å². The Morgan fingerprint density at radius 1 is 0.517 bits per heavy atom. The highest BCUT2D eigenvalue weighted by Gasteiger charge is 2.43. The molecule has 2 aromatic heterocycles. The molecule has 0 aliphatic carbocycles. The molecule has 0 atom stereocenters. The largest absolute Gasteiger partial charge is 0.458 e. The molecule has 58 heavy (non-hydrogen) atoms. The van der Waals surface area contributed by atoms with Crippen LogP contribution in [0.25, 0.3) is 49.4 Å². The van der Waals surface area contributed by atoms with Gasteiger partial charge in [-0.15, -0.1) is 0 Å². The fourth-order valence-electron chi connectivity index (χ4n) is 9.36. The number of para-hydroxylation sites is 5. The van der Waals surface area contributed by atoms with Crippen LogP contribution in [-0.4, -0.2) is 11.3 Å². The van der Waals surface area contributed by atoms with Crippen LogP contribution >= 0.6 is 0 Å². The van der Waals surface area contributed by atoms with E-state index in [1.165, 1.54) is 16.3 Å². The number of rotatable bonds is 4. The molecule has 10 aromatic rings. The van der Waals surface area contributed by atoms with Crippen molar-refractivity contribution in [3.63, 3.8) is 0 Å². The highest BCUT2D eigenvalue weighted by Crippen LogP contribution is 2.47. The second-order valence-corrected chi connectivity index (χ2v) is 16.5. The first-order valence-electron chi connectivity index (χ1n) is 20.0. The second kappa shape index (κ2) is 12.2. The van der Waals surface area contributed by atoms with Gasteiger partial charge in [0.05, 0.1) is 27.8 Å². The van der Waals surface area contributed by atoms with Gasteiger partial charge in [0, 0.05) is 45.1 Å². The number of aromatic nitrogens is 1. The molecule has 0 spiro atoms. The molecule has 0 radical (unpaired) electrons. The van der Waals surface area contributed by atoms with Gasteiger partial charge in [0.25, 0.3) is 6.71 Å². The summed E-state index contributed by atoms with van der Waals surface area (Å²) in [7, 11) is 0. The van der Waals surface area contributed by atoms with Crippen LogP contribution in [0.1, 0.15) is 26.3 Å². The Morgan fingerprint density at radius 2 is 1.10 bits per heavy atom. The van der Waals surface area contributed by atoms with E-state index in [4.69, 9.17) is 13.9 Å². The Bertz CT molecular complexity index is 3190. The Hall–Kier alpha value is -7.18. The van der Waals surface area contributed by atoms with Crippen molar-refractivity contribution in [3.8, 4) is 28.7 Å². The Labute approximate surface area is 336 Å². The zero-order chi connectivity index (χ0) is 38.7. The third kappa shape index (κ3) is 4.78. The van der Waals surface area contributed by atoms with E-state index < -0.39 is 0 Å². The normalized spacial score (nSPS) is 13.0. The summed E-state index contributed by atoms with van der Waals surface area (Å²) in [5.74, 6) is 3.21. The third-order valence-electron chi connectivity index (χ3n) is 12.0. The number of ether oxygens (including phenoxy) is 2. The fraction of sp³-hybridized carbons (Fsp3) is 0.0769. The van der Waals surface area contributed by atoms with Crippen molar-refractivity contribution in [1.29, 1.82) is 0 Å². The van der Waals surface area contributed by atoms with Crippen molar-refractivity contribution >= 4 is 83.9 Å². The lowest BCUT2D eigenvalue weighted by molar-refractivity contribution is 0.466. The van der Waals surface area contributed by atoms with Crippen molar-refractivity contribution < 1.29 is 13.9 Å². The molecule has 5 nitrogen and oxygen atoms in total. The average molecular weight is 749 g/mol. The van der Waals surface area contributed by atoms with E-state index in [1.54, 1.807) is 0 Å². The van der Waals surface area contributed by atoms with Gasteiger partial charge < -0.3 is 23.4 Å². The summed E-state index contributed by atoms with van der Waals surface area (Å²) in [6, 6.07) is 60.0. The van der Waals surface area contributed by atoms with Crippen LogP contribution in [0.5, 0.6) is 23.0 Å². The molecule has 6 heteroatoms. The van der Waals surface area contributed by atoms with E-state index >= 15 is 0 Å². The molecule has 12 rings (SSSR count). The topological polar surface area (TPSA) is 39.8 Å². The number of nitrogens with zero attached hydrogens (tertiary/aromatic N) is 2. The lowest BCUT2D eigenvalue weighted by atomic mass is 9.34. The molecule has 0 saturated carbocycles. The zero-order valence-electron chi connectivity index (χ0n) is 32.4. The quantitative estimate of drug-likeness (QED) is 0.168. The molecule has 2 aliphatic rings. The maximum Gasteiger partial charge on any atom is 0.260 e. The number of hydrogen-bond acceptors (Lipinski definition) is 4. The minimum absolute atomic E-state index is 0.0687. The molecule has 0 fully saturated rings. The van der Waals surface area contributed by atoms with Gasteiger partial charge in [-0.2, -0.15) is 0 Å². The number of fused-ring (bicyclic) bond motifs is 11. The van der Waals surface area contributed by atoms with Crippen molar-refractivity contribution in [2.24, 2.45) is 0 Å². The molecule has 0 bridgehead atoms. The number of hydrogen-bond donors (Lipinski definition) is 0. The van der Waals surface area contributed by atoms with Crippen LogP contribution in [0.3, 0.4) is 0 Å². The molecule has 0 unspecified atom stereocenters. The summed E-state index contributed by atoms with van der Waals surface area (Å²) < 4.78 is 23.7. The van der Waals surface area contributed by atoms with Gasteiger partial charge >= 0.3 is 0 Å². The summed E-state index contributed by atoms with van der Waals surface area (Å²) in [4.78, 5) is 2.26. The van der Waals surface area contributed by atoms with E-state index in [-0.39, 0.29) is 12.1 Å². The molecule has 0 amide bonds. The molecule has 0 saturated heterocycles. The van der Waals surface area contributed by atoms with Crippen molar-refractivity contribution in [1.82, 2.24) is 4.57 Å². The van der Waals surface area contributed by atoms with E-state index in [0.717, 1.165) is 95.1 Å². The summed E-state index contributed by atoms with van der Waals surface area (Å²) in [5, 5.41) is 4.38. The van der Waals surface area contributed by atoms with E-state index in [9.17, 15) is 0 Å². The van der Waals surface area contributed by atoms with Gasteiger partial charge in [-0.25, -0.2) is 0 Å². The minimum Gasteiger partial charge on any atom is -0.458 e. The maximum atomic E-state index is 7.35. The summed E-state index contributed by atoms with van der Waals surface area (Å²) >= 11 is 0. The van der Waals surface area contributed by atoms with Crippen molar-refractivity contribution in [2.45, 2.75) is 26.2 Å². The van der Waals surface area contributed by atoms with Gasteiger partial charge in [0.2, 0.25) is 0 Å². The SMILES string of the molecule is CC(C)(C)c1ccc2c(c1)B1c3cc(-n4c5ccccc5c5ccccc54)c4oc5ccccc5c4c3Oc3cc(N(c4ccccc4)c4ccccc4)cc(c31)O2. The first-order chi connectivity index (χ1) is 28.4. The third-order valence-corrected chi connectivity index (χ3v) is 12.0. The Kier molecular flexibility index (Phi) is 6.92. The summed E-state index contributed by atoms with van der Waals surface area (Å²) in [5.41, 5.74) is 12.3. The molecule has 0 N–H and O–H groups in total. The number of anilines is 3. The zero-order valence-corrected chi connectivity index (χ0v) is 32.4. The average Bonchev–Trinajstić information content (AvgIpc) is 3.81. The van der Waals surface area contributed by atoms with Gasteiger partial charge in [-0.05, 0) is 76.5 Å². The van der Waals surface area contributed by atoms with Crippen LogP contribution in [-0.2, 0) is 5.41 Å². The fourth-order valence-corrected chi connectivity index (χ4v) is 9.36. The molecule has 2 aliphatic heterocycles. The van der Waals surface area contributed by atoms with E-state index in [0.29, 0.717) is 0 Å². The molecule has 276 valence electrons. The number of furan rings is 1. The van der Waals surface area contributed by atoms with Gasteiger partial charge in [-0.1, -0.05) is 124 Å². The highest BCUT2D eigenvalue weighted by atomic mass is 16.5. The lowest BCUT2D eigenvalue weighted by Gasteiger charge is -2.36. The first kappa shape index (κ1) is 33.0. The van der Waals surface area contributed by atoms with Crippen LogP contribution in [0, 0.1) is 0 Å². The van der Waals surface area contributed by atoms with E-state index in [1.807, 2.05) is 18.2 Å². The molecular formula is C52H37BN2O3. The molecule has 4 heterocycles. The van der Waals surface area contributed by atoms with Crippen LogP contribution in [0.4, 0.5) is 17.1 Å². The monoisotopic (exact) mass is 748 g/mol. The molecule has 8 aromatic carbocycles. The number of benzene rings is 8. The predicted molar refractivity (Wildman–Crippen MR) is 239 cm³/mol. The highest BCUT2D eigenvalue weighted by molar-refractivity contribution is 6.98. The lowest BCUT2D eigenvalue weighted by Crippen LogP contribution is -2.57.